The lowest BCUT2D eigenvalue weighted by molar-refractivity contribution is -0.127. The second kappa shape index (κ2) is 10.0. The minimum absolute atomic E-state index is 0.0349. The van der Waals surface area contributed by atoms with Crippen molar-refractivity contribution in [1.29, 1.82) is 0 Å². The van der Waals surface area contributed by atoms with Crippen molar-refractivity contribution in [2.45, 2.75) is 39.7 Å². The van der Waals surface area contributed by atoms with E-state index in [1.54, 1.807) is 47.5 Å². The molecule has 0 bridgehead atoms. The molecule has 1 unspecified atom stereocenters. The van der Waals surface area contributed by atoms with Crippen molar-refractivity contribution in [3.8, 4) is 11.3 Å². The summed E-state index contributed by atoms with van der Waals surface area (Å²) in [6, 6.07) is 9.84. The van der Waals surface area contributed by atoms with Gasteiger partial charge in [-0.05, 0) is 63.4 Å². The van der Waals surface area contributed by atoms with Crippen LogP contribution in [0.15, 0.2) is 54.2 Å². The van der Waals surface area contributed by atoms with E-state index in [9.17, 15) is 14.4 Å². The van der Waals surface area contributed by atoms with E-state index in [1.807, 2.05) is 26.8 Å². The molecule has 36 heavy (non-hydrogen) atoms. The molecule has 0 spiro atoms. The van der Waals surface area contributed by atoms with Crippen molar-refractivity contribution in [2.75, 3.05) is 17.7 Å². The first-order chi connectivity index (χ1) is 17.2. The molecule has 1 aromatic carbocycles. The van der Waals surface area contributed by atoms with Gasteiger partial charge in [0.1, 0.15) is 11.5 Å². The fraction of sp³-hybridized carbons (Fsp3) is 0.269. The monoisotopic (exact) mass is 487 g/mol. The van der Waals surface area contributed by atoms with Crippen LogP contribution in [0, 0.1) is 6.92 Å². The number of nitrogens with two attached hydrogens (primary N) is 2. The first-order valence-electron chi connectivity index (χ1n) is 11.6. The van der Waals surface area contributed by atoms with E-state index >= 15 is 0 Å². The van der Waals surface area contributed by atoms with Crippen molar-refractivity contribution < 1.29 is 14.4 Å². The molecule has 1 aliphatic heterocycles. The summed E-state index contributed by atoms with van der Waals surface area (Å²) in [4.78, 5) is 48.2. The van der Waals surface area contributed by atoms with Crippen LogP contribution in [-0.4, -0.2) is 43.8 Å². The summed E-state index contributed by atoms with van der Waals surface area (Å²) in [7, 11) is 0. The lowest BCUT2D eigenvalue weighted by atomic mass is 10.1. The molecular weight excluding hydrogens is 458 g/mol. The molecule has 4 rings (SSSR count). The number of aryl methyl sites for hydroxylation is 1. The van der Waals surface area contributed by atoms with E-state index in [-0.39, 0.29) is 23.6 Å². The number of rotatable bonds is 6. The number of aromatic nitrogens is 3. The number of allylic oxidation sites excluding steroid dienone is 1. The average molecular weight is 488 g/mol. The summed E-state index contributed by atoms with van der Waals surface area (Å²) in [5.41, 5.74) is 8.84. The Labute approximate surface area is 209 Å². The van der Waals surface area contributed by atoms with Crippen LogP contribution in [0.25, 0.3) is 11.3 Å². The van der Waals surface area contributed by atoms with E-state index in [2.05, 4.69) is 15.3 Å². The Balaban J connectivity index is 1.64. The molecular formula is C26H29N7O3. The van der Waals surface area contributed by atoms with E-state index in [0.29, 0.717) is 41.4 Å². The number of likely N-dealkylation sites (tertiary alicyclic amines) is 1. The number of imidazole rings is 1. The molecule has 2 aromatic heterocycles. The molecule has 10 heteroatoms. The third-order valence-electron chi connectivity index (χ3n) is 6.00. The molecule has 0 radical (unpaired) electrons. The van der Waals surface area contributed by atoms with Gasteiger partial charge in [0.15, 0.2) is 11.5 Å². The van der Waals surface area contributed by atoms with Crippen LogP contribution >= 0.6 is 0 Å². The third kappa shape index (κ3) is 4.97. The first-order valence-corrected chi connectivity index (χ1v) is 11.6. The SMILES string of the molecule is CC(C)=CC(=O)N1CCCC1c1nc(-c2ccc(C(=O)Nc3cc(C)ccn3)cc2)c(C(N)=O)n1N. The average Bonchev–Trinajstić information content (AvgIpc) is 3.43. The number of nitrogen functional groups attached to an aromatic ring is 1. The number of pyridine rings is 1. The molecule has 10 nitrogen and oxygen atoms in total. The number of nitrogens with zero attached hydrogens (tertiary/aromatic N) is 4. The lowest BCUT2D eigenvalue weighted by Gasteiger charge is -2.23. The largest absolute Gasteiger partial charge is 0.364 e. The van der Waals surface area contributed by atoms with Gasteiger partial charge in [0.05, 0.1) is 6.04 Å². The van der Waals surface area contributed by atoms with Crippen LogP contribution in [0.2, 0.25) is 0 Å². The molecule has 1 aliphatic rings. The number of anilines is 1. The van der Waals surface area contributed by atoms with E-state index in [1.165, 1.54) is 4.68 Å². The number of carbonyl (C=O) groups excluding carboxylic acids is 3. The number of primary amides is 1. The van der Waals surface area contributed by atoms with Gasteiger partial charge in [-0.3, -0.25) is 14.4 Å². The number of benzene rings is 1. The topological polar surface area (TPSA) is 149 Å². The predicted molar refractivity (Wildman–Crippen MR) is 136 cm³/mol. The van der Waals surface area contributed by atoms with Gasteiger partial charge in [-0.15, -0.1) is 0 Å². The second-order valence-electron chi connectivity index (χ2n) is 9.06. The lowest BCUT2D eigenvalue weighted by Crippen LogP contribution is -2.33. The van der Waals surface area contributed by atoms with Crippen LogP contribution in [0.3, 0.4) is 0 Å². The zero-order chi connectivity index (χ0) is 26.0. The van der Waals surface area contributed by atoms with E-state index in [4.69, 9.17) is 11.6 Å². The highest BCUT2D eigenvalue weighted by molar-refractivity contribution is 6.04. The quantitative estimate of drug-likeness (QED) is 0.359. The maximum Gasteiger partial charge on any atom is 0.269 e. The molecule has 0 saturated carbocycles. The summed E-state index contributed by atoms with van der Waals surface area (Å²) in [6.45, 7) is 6.20. The van der Waals surface area contributed by atoms with E-state index in [0.717, 1.165) is 17.6 Å². The Morgan fingerprint density at radius 1 is 1.14 bits per heavy atom. The smallest absolute Gasteiger partial charge is 0.269 e. The van der Waals surface area contributed by atoms with Crippen molar-refractivity contribution in [3.05, 3.63) is 76.9 Å². The van der Waals surface area contributed by atoms with Gasteiger partial charge in [-0.2, -0.15) is 0 Å². The number of hydrogen-bond acceptors (Lipinski definition) is 6. The Morgan fingerprint density at radius 3 is 2.50 bits per heavy atom. The normalized spacial score (nSPS) is 15.0. The number of carbonyl (C=O) groups is 3. The molecule has 1 saturated heterocycles. The minimum Gasteiger partial charge on any atom is -0.364 e. The molecule has 3 amide bonds. The molecule has 3 aromatic rings. The zero-order valence-corrected chi connectivity index (χ0v) is 20.5. The minimum atomic E-state index is -0.737. The molecule has 186 valence electrons. The first kappa shape index (κ1) is 24.6. The highest BCUT2D eigenvalue weighted by Crippen LogP contribution is 2.34. The zero-order valence-electron chi connectivity index (χ0n) is 20.5. The van der Waals surface area contributed by atoms with Gasteiger partial charge in [-0.1, -0.05) is 17.7 Å². The third-order valence-corrected chi connectivity index (χ3v) is 6.00. The van der Waals surface area contributed by atoms with Crippen molar-refractivity contribution >= 4 is 23.5 Å². The number of amides is 3. The predicted octanol–water partition coefficient (Wildman–Crippen LogP) is 2.95. The Morgan fingerprint density at radius 2 is 1.86 bits per heavy atom. The van der Waals surface area contributed by atoms with Crippen LogP contribution < -0.4 is 16.9 Å². The van der Waals surface area contributed by atoms with Crippen LogP contribution in [0.1, 0.15) is 65.0 Å². The molecule has 1 atom stereocenters. The number of hydrogen-bond donors (Lipinski definition) is 3. The van der Waals surface area contributed by atoms with Gasteiger partial charge < -0.3 is 21.8 Å². The maximum atomic E-state index is 12.7. The Kier molecular flexibility index (Phi) is 6.86. The van der Waals surface area contributed by atoms with Gasteiger partial charge in [0.2, 0.25) is 5.91 Å². The van der Waals surface area contributed by atoms with E-state index < -0.39 is 5.91 Å². The molecule has 0 aliphatic carbocycles. The highest BCUT2D eigenvalue weighted by atomic mass is 16.2. The summed E-state index contributed by atoms with van der Waals surface area (Å²) in [5, 5.41) is 2.76. The van der Waals surface area contributed by atoms with Crippen molar-refractivity contribution in [1.82, 2.24) is 19.5 Å². The highest BCUT2D eigenvalue weighted by Gasteiger charge is 2.35. The standard InChI is InChI=1S/C26H29N7O3/c1-15(2)13-21(34)32-12-4-5-19(32)25-31-22(23(24(27)35)33(25)28)17-6-8-18(9-7-17)26(36)30-20-14-16(3)10-11-29-20/h6-11,13-14,19H,4-5,12,28H2,1-3H3,(H2,27,35)(H,29,30,36). The molecule has 5 N–H and O–H groups in total. The fourth-order valence-electron chi connectivity index (χ4n) is 4.32. The summed E-state index contributed by atoms with van der Waals surface area (Å²) in [6.07, 6.45) is 4.66. The summed E-state index contributed by atoms with van der Waals surface area (Å²) < 4.78 is 1.18. The summed E-state index contributed by atoms with van der Waals surface area (Å²) >= 11 is 0. The Hall–Kier alpha value is -4.47. The number of nitrogens with one attached hydrogen (secondary N) is 1. The van der Waals surface area contributed by atoms with Crippen molar-refractivity contribution in [2.24, 2.45) is 5.73 Å². The van der Waals surface area contributed by atoms with Gasteiger partial charge in [0, 0.05) is 29.9 Å². The maximum absolute atomic E-state index is 12.7. The Bertz CT molecular complexity index is 1350. The van der Waals surface area contributed by atoms with Crippen LogP contribution in [0.4, 0.5) is 5.82 Å². The van der Waals surface area contributed by atoms with Gasteiger partial charge in [0.25, 0.3) is 11.8 Å². The molecule has 1 fully saturated rings. The van der Waals surface area contributed by atoms with Crippen LogP contribution in [0.5, 0.6) is 0 Å². The fourth-order valence-corrected chi connectivity index (χ4v) is 4.32. The van der Waals surface area contributed by atoms with Gasteiger partial charge >= 0.3 is 0 Å². The van der Waals surface area contributed by atoms with Crippen LogP contribution in [-0.2, 0) is 4.79 Å². The molecule has 3 heterocycles. The second-order valence-corrected chi connectivity index (χ2v) is 9.06. The van der Waals surface area contributed by atoms with Gasteiger partial charge in [-0.25, -0.2) is 14.6 Å². The van der Waals surface area contributed by atoms with Crippen molar-refractivity contribution in [3.63, 3.8) is 0 Å². The summed E-state index contributed by atoms with van der Waals surface area (Å²) in [5.74, 6) is 5.95.